The molecule has 2 aromatic carbocycles. The van der Waals surface area contributed by atoms with Gasteiger partial charge < -0.3 is 20.1 Å². The Hall–Kier alpha value is -2.40. The second kappa shape index (κ2) is 6.79. The summed E-state index contributed by atoms with van der Waals surface area (Å²) in [7, 11) is 0. The van der Waals surface area contributed by atoms with Crippen LogP contribution in [0.3, 0.4) is 0 Å². The van der Waals surface area contributed by atoms with Crippen LogP contribution in [-0.2, 0) is 0 Å². The van der Waals surface area contributed by atoms with E-state index < -0.39 is 0 Å². The van der Waals surface area contributed by atoms with Crippen molar-refractivity contribution in [2.45, 2.75) is 13.0 Å². The average molecular weight is 333 g/mol. The van der Waals surface area contributed by atoms with Gasteiger partial charge in [-0.2, -0.15) is 0 Å². The highest BCUT2D eigenvalue weighted by atomic mass is 35.5. The second-order valence-electron chi connectivity index (χ2n) is 5.23. The van der Waals surface area contributed by atoms with E-state index in [0.717, 1.165) is 11.3 Å². The number of carbonyl (C=O) groups is 1. The number of anilines is 1. The predicted octanol–water partition coefficient (Wildman–Crippen LogP) is 3.99. The van der Waals surface area contributed by atoms with Gasteiger partial charge in [0.25, 0.3) is 0 Å². The molecule has 0 unspecified atom stereocenters. The molecular formula is C17H17ClN2O3. The molecular weight excluding hydrogens is 316 g/mol. The summed E-state index contributed by atoms with van der Waals surface area (Å²) in [5.41, 5.74) is 1.58. The Balaban J connectivity index is 1.64. The number of halogens is 1. The Kier molecular flexibility index (Phi) is 4.57. The van der Waals surface area contributed by atoms with E-state index in [9.17, 15) is 4.79 Å². The van der Waals surface area contributed by atoms with Crippen LogP contribution in [0.5, 0.6) is 11.5 Å². The van der Waals surface area contributed by atoms with Gasteiger partial charge in [-0.3, -0.25) is 0 Å². The molecule has 1 aliphatic rings. The van der Waals surface area contributed by atoms with Crippen molar-refractivity contribution in [2.24, 2.45) is 0 Å². The molecule has 3 rings (SSSR count). The molecule has 120 valence electrons. The Bertz CT molecular complexity index is 721. The van der Waals surface area contributed by atoms with Gasteiger partial charge in [0.05, 0.1) is 6.04 Å². The van der Waals surface area contributed by atoms with Gasteiger partial charge in [0.1, 0.15) is 13.2 Å². The Morgan fingerprint density at radius 1 is 1.13 bits per heavy atom. The lowest BCUT2D eigenvalue weighted by atomic mass is 10.1. The Labute approximate surface area is 139 Å². The summed E-state index contributed by atoms with van der Waals surface area (Å²) >= 11 is 5.90. The molecule has 0 radical (unpaired) electrons. The van der Waals surface area contributed by atoms with Crippen molar-refractivity contribution >= 4 is 23.3 Å². The van der Waals surface area contributed by atoms with Crippen molar-refractivity contribution in [3.05, 3.63) is 53.1 Å². The number of carbonyl (C=O) groups excluding carboxylic acids is 1. The normalized spacial score (nSPS) is 14.0. The monoisotopic (exact) mass is 332 g/mol. The first-order valence-corrected chi connectivity index (χ1v) is 7.72. The number of fused-ring (bicyclic) bond motifs is 1. The molecule has 23 heavy (non-hydrogen) atoms. The van der Waals surface area contributed by atoms with Crippen LogP contribution < -0.4 is 20.1 Å². The fourth-order valence-electron chi connectivity index (χ4n) is 2.34. The van der Waals surface area contributed by atoms with Crippen LogP contribution in [0.25, 0.3) is 0 Å². The largest absolute Gasteiger partial charge is 0.486 e. The molecule has 0 aromatic heterocycles. The highest BCUT2D eigenvalue weighted by Crippen LogP contribution is 2.32. The van der Waals surface area contributed by atoms with E-state index in [4.69, 9.17) is 21.1 Å². The summed E-state index contributed by atoms with van der Waals surface area (Å²) in [6.45, 7) is 3.00. The van der Waals surface area contributed by atoms with Crippen LogP contribution in [0.4, 0.5) is 10.5 Å². The molecule has 2 aromatic rings. The molecule has 0 aliphatic carbocycles. The summed E-state index contributed by atoms with van der Waals surface area (Å²) in [6.07, 6.45) is 0. The first-order chi connectivity index (χ1) is 11.1. The van der Waals surface area contributed by atoms with E-state index in [1.807, 2.05) is 25.1 Å². The zero-order chi connectivity index (χ0) is 16.2. The fraction of sp³-hybridized carbons (Fsp3) is 0.235. The number of nitrogens with one attached hydrogen (secondary N) is 2. The minimum Gasteiger partial charge on any atom is -0.486 e. The van der Waals surface area contributed by atoms with Crippen LogP contribution in [0, 0.1) is 0 Å². The van der Waals surface area contributed by atoms with Crippen LogP contribution in [0.15, 0.2) is 42.5 Å². The zero-order valence-electron chi connectivity index (χ0n) is 12.6. The number of ether oxygens (including phenoxy) is 2. The first-order valence-electron chi connectivity index (χ1n) is 7.34. The minimum atomic E-state index is -0.297. The highest BCUT2D eigenvalue weighted by Gasteiger charge is 2.15. The van der Waals surface area contributed by atoms with Crippen molar-refractivity contribution in [2.75, 3.05) is 18.5 Å². The minimum absolute atomic E-state index is 0.176. The molecule has 0 fully saturated rings. The smallest absolute Gasteiger partial charge is 0.319 e. The lowest BCUT2D eigenvalue weighted by Crippen LogP contribution is -2.31. The zero-order valence-corrected chi connectivity index (χ0v) is 13.4. The summed E-state index contributed by atoms with van der Waals surface area (Å²) in [4.78, 5) is 12.1. The molecule has 0 bridgehead atoms. The van der Waals surface area contributed by atoms with Crippen LogP contribution in [-0.4, -0.2) is 19.2 Å². The topological polar surface area (TPSA) is 59.6 Å². The van der Waals surface area contributed by atoms with E-state index >= 15 is 0 Å². The number of urea groups is 1. The van der Waals surface area contributed by atoms with Gasteiger partial charge in [0.15, 0.2) is 11.5 Å². The number of rotatable bonds is 3. The molecule has 1 heterocycles. The number of amides is 2. The maximum Gasteiger partial charge on any atom is 0.319 e. The van der Waals surface area contributed by atoms with Gasteiger partial charge >= 0.3 is 6.03 Å². The SMILES string of the molecule is C[C@@H](NC(=O)Nc1cccc(Cl)c1)c1ccc2c(c1)OCCO2. The van der Waals surface area contributed by atoms with Crippen molar-refractivity contribution in [1.29, 1.82) is 0 Å². The molecule has 0 spiro atoms. The second-order valence-corrected chi connectivity index (χ2v) is 5.67. The van der Waals surface area contributed by atoms with Gasteiger partial charge in [-0.05, 0) is 42.8 Å². The third-order valence-electron chi connectivity index (χ3n) is 3.50. The molecule has 2 N–H and O–H groups in total. The predicted molar refractivity (Wildman–Crippen MR) is 89.5 cm³/mol. The van der Waals surface area contributed by atoms with Gasteiger partial charge in [-0.1, -0.05) is 23.7 Å². The maximum absolute atomic E-state index is 12.1. The van der Waals surface area contributed by atoms with E-state index in [2.05, 4.69) is 10.6 Å². The fourth-order valence-corrected chi connectivity index (χ4v) is 2.53. The van der Waals surface area contributed by atoms with Crippen LogP contribution in [0.2, 0.25) is 5.02 Å². The third kappa shape index (κ3) is 3.87. The summed E-state index contributed by atoms with van der Waals surface area (Å²) in [5.74, 6) is 1.44. The van der Waals surface area contributed by atoms with E-state index in [1.54, 1.807) is 24.3 Å². The number of hydrogen-bond acceptors (Lipinski definition) is 3. The van der Waals surface area contributed by atoms with Crippen molar-refractivity contribution in [3.8, 4) is 11.5 Å². The number of benzene rings is 2. The molecule has 5 nitrogen and oxygen atoms in total. The third-order valence-corrected chi connectivity index (χ3v) is 3.73. The van der Waals surface area contributed by atoms with Gasteiger partial charge in [-0.25, -0.2) is 4.79 Å². The van der Waals surface area contributed by atoms with Gasteiger partial charge in [0.2, 0.25) is 0 Å². The molecule has 1 atom stereocenters. The molecule has 0 saturated carbocycles. The van der Waals surface area contributed by atoms with Crippen molar-refractivity contribution < 1.29 is 14.3 Å². The molecule has 0 saturated heterocycles. The van der Waals surface area contributed by atoms with Crippen LogP contribution in [0.1, 0.15) is 18.5 Å². The lowest BCUT2D eigenvalue weighted by molar-refractivity contribution is 0.171. The first kappa shape index (κ1) is 15.5. The molecule has 6 heteroatoms. The van der Waals surface area contributed by atoms with Gasteiger partial charge in [-0.15, -0.1) is 0 Å². The van der Waals surface area contributed by atoms with E-state index in [0.29, 0.717) is 29.7 Å². The summed E-state index contributed by atoms with van der Waals surface area (Å²) in [6, 6.07) is 12.2. The van der Waals surface area contributed by atoms with Gasteiger partial charge in [0, 0.05) is 10.7 Å². The maximum atomic E-state index is 12.1. The van der Waals surface area contributed by atoms with Crippen LogP contribution >= 0.6 is 11.6 Å². The van der Waals surface area contributed by atoms with E-state index in [-0.39, 0.29) is 12.1 Å². The van der Waals surface area contributed by atoms with E-state index in [1.165, 1.54) is 0 Å². The highest BCUT2D eigenvalue weighted by molar-refractivity contribution is 6.30. The quantitative estimate of drug-likeness (QED) is 0.893. The Morgan fingerprint density at radius 3 is 2.70 bits per heavy atom. The van der Waals surface area contributed by atoms with Crippen molar-refractivity contribution in [1.82, 2.24) is 5.32 Å². The summed E-state index contributed by atoms with van der Waals surface area (Å²) in [5, 5.41) is 6.21. The lowest BCUT2D eigenvalue weighted by Gasteiger charge is -2.21. The number of hydrogen-bond donors (Lipinski definition) is 2. The Morgan fingerprint density at radius 2 is 1.91 bits per heavy atom. The van der Waals surface area contributed by atoms with Crippen molar-refractivity contribution in [3.63, 3.8) is 0 Å². The molecule has 2 amide bonds. The summed E-state index contributed by atoms with van der Waals surface area (Å²) < 4.78 is 11.1. The average Bonchev–Trinajstić information content (AvgIpc) is 2.54. The standard InChI is InChI=1S/C17H17ClN2O3/c1-11(12-5-6-15-16(9-12)23-8-7-22-15)19-17(21)20-14-4-2-3-13(18)10-14/h2-6,9-11H,7-8H2,1H3,(H2,19,20,21)/t11-/m1/s1. The molecule has 1 aliphatic heterocycles.